The summed E-state index contributed by atoms with van der Waals surface area (Å²) in [5.41, 5.74) is 8.40. The molecular formula is C23H25N5O3. The summed E-state index contributed by atoms with van der Waals surface area (Å²) in [6, 6.07) is 10.4. The van der Waals surface area contributed by atoms with E-state index in [1.807, 2.05) is 18.2 Å². The van der Waals surface area contributed by atoms with Gasteiger partial charge in [0.25, 0.3) is 0 Å². The van der Waals surface area contributed by atoms with Gasteiger partial charge in [-0.05, 0) is 66.5 Å². The van der Waals surface area contributed by atoms with Crippen molar-refractivity contribution in [1.82, 2.24) is 14.9 Å². The van der Waals surface area contributed by atoms with Crippen molar-refractivity contribution in [3.05, 3.63) is 64.1 Å². The number of piperidine rings is 1. The number of aromatic amines is 1. The molecule has 1 aliphatic heterocycles. The van der Waals surface area contributed by atoms with Gasteiger partial charge < -0.3 is 20.9 Å². The molecule has 0 bridgehead atoms. The van der Waals surface area contributed by atoms with Crippen LogP contribution < -0.4 is 16.6 Å². The molecule has 8 heteroatoms. The van der Waals surface area contributed by atoms with E-state index in [1.165, 1.54) is 12.3 Å². The summed E-state index contributed by atoms with van der Waals surface area (Å²) in [5.74, 6) is -0.597. The number of rotatable bonds is 2. The van der Waals surface area contributed by atoms with Gasteiger partial charge >= 0.3 is 11.8 Å². The summed E-state index contributed by atoms with van der Waals surface area (Å²) < 4.78 is 0. The summed E-state index contributed by atoms with van der Waals surface area (Å²) in [4.78, 5) is 45.9. The molecule has 1 aliphatic rings. The van der Waals surface area contributed by atoms with Gasteiger partial charge in [0.2, 0.25) is 5.56 Å². The lowest BCUT2D eigenvalue weighted by Crippen LogP contribution is -2.46. The van der Waals surface area contributed by atoms with Crippen molar-refractivity contribution < 1.29 is 9.59 Å². The second-order valence-electron chi connectivity index (χ2n) is 8.21. The van der Waals surface area contributed by atoms with E-state index >= 15 is 0 Å². The van der Waals surface area contributed by atoms with Crippen LogP contribution in [0, 0.1) is 12.8 Å². The standard InChI is InChI=1S/C23H25N5O3/c1-13-3-7-19(16-4-6-18-15(10-16)5-8-20(29)27-18)28(12-13)23(31)22(30)26-17-9-14(2)21(24)25-11-17/h4-6,8-11,13,19H,3,7,12H2,1-2H3,(H2,24,25)(H,26,30)(H,27,29)/t13-,19?/m0/s1. The van der Waals surface area contributed by atoms with Gasteiger partial charge in [-0.2, -0.15) is 0 Å². The number of pyridine rings is 2. The van der Waals surface area contributed by atoms with Crippen LogP contribution >= 0.6 is 0 Å². The van der Waals surface area contributed by atoms with Crippen LogP contribution in [0.25, 0.3) is 10.9 Å². The number of aryl methyl sites for hydroxylation is 1. The van der Waals surface area contributed by atoms with Crippen molar-refractivity contribution in [2.75, 3.05) is 17.6 Å². The second kappa shape index (κ2) is 8.22. The van der Waals surface area contributed by atoms with Crippen LogP contribution in [-0.2, 0) is 9.59 Å². The topological polar surface area (TPSA) is 121 Å². The fourth-order valence-corrected chi connectivity index (χ4v) is 4.07. The highest BCUT2D eigenvalue weighted by Gasteiger charge is 2.34. The van der Waals surface area contributed by atoms with Crippen molar-refractivity contribution in [1.29, 1.82) is 0 Å². The first-order valence-electron chi connectivity index (χ1n) is 10.3. The Balaban J connectivity index is 1.60. The Labute approximate surface area is 179 Å². The summed E-state index contributed by atoms with van der Waals surface area (Å²) in [6.07, 6.45) is 3.16. The van der Waals surface area contributed by atoms with Crippen LogP contribution in [-0.4, -0.2) is 33.2 Å². The number of nitrogens with one attached hydrogen (secondary N) is 2. The Kier molecular flexibility index (Phi) is 5.46. The third kappa shape index (κ3) is 4.28. The molecule has 0 aliphatic carbocycles. The fraction of sp³-hybridized carbons (Fsp3) is 0.304. The SMILES string of the molecule is Cc1cc(NC(=O)C(=O)N2C[C@@H](C)CCC2c2ccc3[nH]c(=O)ccc3c2)cnc1N. The number of aromatic nitrogens is 2. The van der Waals surface area contributed by atoms with Gasteiger partial charge in [-0.1, -0.05) is 13.0 Å². The van der Waals surface area contributed by atoms with Crippen LogP contribution in [0.1, 0.15) is 36.9 Å². The molecule has 2 atom stereocenters. The molecule has 1 fully saturated rings. The molecular weight excluding hydrogens is 394 g/mol. The van der Waals surface area contributed by atoms with Crippen LogP contribution in [0.3, 0.4) is 0 Å². The predicted octanol–water partition coefficient (Wildman–Crippen LogP) is 2.75. The van der Waals surface area contributed by atoms with Gasteiger partial charge in [-0.15, -0.1) is 0 Å². The fourth-order valence-electron chi connectivity index (χ4n) is 4.07. The molecule has 0 radical (unpaired) electrons. The lowest BCUT2D eigenvalue weighted by Gasteiger charge is -2.38. The number of amides is 2. The van der Waals surface area contributed by atoms with E-state index in [4.69, 9.17) is 5.73 Å². The second-order valence-corrected chi connectivity index (χ2v) is 8.21. The third-order valence-electron chi connectivity index (χ3n) is 5.78. The molecule has 4 N–H and O–H groups in total. The molecule has 3 heterocycles. The number of nitrogens with two attached hydrogens (primary N) is 1. The van der Waals surface area contributed by atoms with Crippen LogP contribution in [0.5, 0.6) is 0 Å². The maximum absolute atomic E-state index is 13.1. The van der Waals surface area contributed by atoms with Crippen molar-refractivity contribution in [3.8, 4) is 0 Å². The number of anilines is 2. The number of carbonyl (C=O) groups is 2. The van der Waals surface area contributed by atoms with Gasteiger partial charge in [-0.25, -0.2) is 4.98 Å². The first-order valence-corrected chi connectivity index (χ1v) is 10.3. The van der Waals surface area contributed by atoms with Crippen LogP contribution in [0.4, 0.5) is 11.5 Å². The minimum absolute atomic E-state index is 0.160. The Morgan fingerprint density at radius 2 is 2.00 bits per heavy atom. The molecule has 4 rings (SSSR count). The van der Waals surface area contributed by atoms with E-state index < -0.39 is 11.8 Å². The molecule has 160 valence electrons. The summed E-state index contributed by atoms with van der Waals surface area (Å²) in [5, 5.41) is 3.53. The van der Waals surface area contributed by atoms with Gasteiger partial charge in [0.15, 0.2) is 0 Å². The molecule has 1 saturated heterocycles. The zero-order valence-electron chi connectivity index (χ0n) is 17.5. The van der Waals surface area contributed by atoms with Gasteiger partial charge in [-0.3, -0.25) is 14.4 Å². The Morgan fingerprint density at radius 3 is 2.77 bits per heavy atom. The first kappa shape index (κ1) is 20.6. The maximum Gasteiger partial charge on any atom is 0.313 e. The van der Waals surface area contributed by atoms with Crippen molar-refractivity contribution >= 4 is 34.2 Å². The van der Waals surface area contributed by atoms with Gasteiger partial charge in [0.05, 0.1) is 17.9 Å². The Bertz CT molecular complexity index is 1220. The number of benzene rings is 1. The summed E-state index contributed by atoms with van der Waals surface area (Å²) in [7, 11) is 0. The van der Waals surface area contributed by atoms with E-state index in [0.717, 1.165) is 34.9 Å². The Morgan fingerprint density at radius 1 is 1.19 bits per heavy atom. The zero-order chi connectivity index (χ0) is 22.1. The maximum atomic E-state index is 13.1. The minimum atomic E-state index is -0.699. The summed E-state index contributed by atoms with van der Waals surface area (Å²) in [6.45, 7) is 4.36. The van der Waals surface area contributed by atoms with E-state index in [-0.39, 0.29) is 11.6 Å². The first-order chi connectivity index (χ1) is 14.8. The monoisotopic (exact) mass is 419 g/mol. The molecule has 8 nitrogen and oxygen atoms in total. The molecule has 1 aromatic carbocycles. The highest BCUT2D eigenvalue weighted by molar-refractivity contribution is 6.39. The molecule has 1 unspecified atom stereocenters. The number of carbonyl (C=O) groups excluding carboxylic acids is 2. The lowest BCUT2D eigenvalue weighted by atomic mass is 9.89. The molecule has 3 aromatic rings. The highest BCUT2D eigenvalue weighted by atomic mass is 16.2. The van der Waals surface area contributed by atoms with Crippen LogP contribution in [0.2, 0.25) is 0 Å². The molecule has 0 spiro atoms. The molecule has 31 heavy (non-hydrogen) atoms. The molecule has 0 saturated carbocycles. The minimum Gasteiger partial charge on any atom is -0.383 e. The zero-order valence-corrected chi connectivity index (χ0v) is 17.5. The number of likely N-dealkylation sites (tertiary alicyclic amines) is 1. The number of hydrogen-bond donors (Lipinski definition) is 3. The molecule has 2 aromatic heterocycles. The lowest BCUT2D eigenvalue weighted by molar-refractivity contribution is -0.146. The normalized spacial score (nSPS) is 18.7. The van der Waals surface area contributed by atoms with Crippen molar-refractivity contribution in [2.24, 2.45) is 5.92 Å². The Hall–Kier alpha value is -3.68. The van der Waals surface area contributed by atoms with Gasteiger partial charge in [0.1, 0.15) is 5.82 Å². The van der Waals surface area contributed by atoms with Crippen LogP contribution in [0.15, 0.2) is 47.4 Å². The number of H-pyrrole nitrogens is 1. The number of nitrogen functional groups attached to an aromatic ring is 1. The average Bonchev–Trinajstić information content (AvgIpc) is 2.75. The number of nitrogens with zero attached hydrogens (tertiary/aromatic N) is 2. The van der Waals surface area contributed by atoms with Crippen molar-refractivity contribution in [3.63, 3.8) is 0 Å². The van der Waals surface area contributed by atoms with E-state index in [1.54, 1.807) is 24.0 Å². The number of hydrogen-bond acceptors (Lipinski definition) is 5. The largest absolute Gasteiger partial charge is 0.383 e. The average molecular weight is 419 g/mol. The van der Waals surface area contributed by atoms with Crippen molar-refractivity contribution in [2.45, 2.75) is 32.7 Å². The van der Waals surface area contributed by atoms with E-state index in [2.05, 4.69) is 22.2 Å². The summed E-state index contributed by atoms with van der Waals surface area (Å²) >= 11 is 0. The van der Waals surface area contributed by atoms with E-state index in [9.17, 15) is 14.4 Å². The number of fused-ring (bicyclic) bond motifs is 1. The van der Waals surface area contributed by atoms with E-state index in [0.29, 0.717) is 24.0 Å². The smallest absolute Gasteiger partial charge is 0.313 e. The highest BCUT2D eigenvalue weighted by Crippen LogP contribution is 2.34. The third-order valence-corrected chi connectivity index (χ3v) is 5.78. The molecule has 2 amide bonds. The quantitative estimate of drug-likeness (QED) is 0.552. The van der Waals surface area contributed by atoms with Gasteiger partial charge in [0, 0.05) is 18.1 Å². The predicted molar refractivity (Wildman–Crippen MR) is 119 cm³/mol.